The van der Waals surface area contributed by atoms with E-state index in [9.17, 15) is 24.9 Å². The van der Waals surface area contributed by atoms with Gasteiger partial charge in [-0.1, -0.05) is 41.9 Å². The van der Waals surface area contributed by atoms with Crippen LogP contribution in [0.5, 0.6) is 0 Å². The van der Waals surface area contributed by atoms with Crippen molar-refractivity contribution >= 4 is 29.2 Å². The Morgan fingerprint density at radius 3 is 2.40 bits per heavy atom. The molecule has 8 heteroatoms. The third kappa shape index (κ3) is 3.17. The summed E-state index contributed by atoms with van der Waals surface area (Å²) in [7, 11) is 0. The third-order valence-corrected chi connectivity index (χ3v) is 4.21. The van der Waals surface area contributed by atoms with Gasteiger partial charge in [-0.2, -0.15) is 5.01 Å². The molecule has 130 valence electrons. The van der Waals surface area contributed by atoms with E-state index in [1.165, 1.54) is 5.01 Å². The zero-order valence-electron chi connectivity index (χ0n) is 12.9. The predicted molar refractivity (Wildman–Crippen MR) is 89.9 cm³/mol. The Bertz CT molecular complexity index is 814. The molecule has 0 saturated carbocycles. The molecule has 0 aliphatic carbocycles. The average Bonchev–Trinajstić information content (AvgIpc) is 2.81. The highest BCUT2D eigenvalue weighted by molar-refractivity contribution is 6.30. The second-order valence-corrected chi connectivity index (χ2v) is 6.02. The number of fused-ring (bicyclic) bond motifs is 1. The molecule has 2 aromatic carbocycles. The van der Waals surface area contributed by atoms with Gasteiger partial charge in [-0.3, -0.25) is 5.01 Å². The first kappa shape index (κ1) is 17.2. The maximum Gasteiger partial charge on any atom is 0.334 e. The van der Waals surface area contributed by atoms with Crippen LogP contribution in [-0.2, 0) is 16.1 Å². The first-order valence-corrected chi connectivity index (χ1v) is 7.81. The van der Waals surface area contributed by atoms with Crippen LogP contribution in [0, 0.1) is 0 Å². The van der Waals surface area contributed by atoms with Gasteiger partial charge in [-0.25, -0.2) is 9.59 Å². The van der Waals surface area contributed by atoms with Gasteiger partial charge in [0.2, 0.25) is 6.04 Å². The lowest BCUT2D eigenvalue weighted by Gasteiger charge is -2.34. The molecule has 0 amide bonds. The van der Waals surface area contributed by atoms with Gasteiger partial charge in [-0.05, 0) is 23.8 Å². The van der Waals surface area contributed by atoms with Crippen LogP contribution in [0.2, 0.25) is 5.02 Å². The third-order valence-electron chi connectivity index (χ3n) is 3.98. The number of carbonyl (C=O) groups is 2. The fraction of sp³-hybridized carbons (Fsp3) is 0.176. The molecule has 0 fully saturated rings. The molecule has 0 spiro atoms. The second kappa shape index (κ2) is 6.72. The number of benzene rings is 2. The molecule has 7 nitrogen and oxygen atoms in total. The minimum Gasteiger partial charge on any atom is -0.480 e. The van der Waals surface area contributed by atoms with Crippen molar-refractivity contribution in [2.45, 2.75) is 18.8 Å². The van der Waals surface area contributed by atoms with E-state index >= 15 is 0 Å². The monoisotopic (exact) mass is 362 g/mol. The van der Waals surface area contributed by atoms with Gasteiger partial charge >= 0.3 is 11.9 Å². The summed E-state index contributed by atoms with van der Waals surface area (Å²) in [6, 6.07) is 11.8. The van der Waals surface area contributed by atoms with Crippen molar-refractivity contribution < 1.29 is 24.9 Å². The molecule has 3 rings (SSSR count). The largest absolute Gasteiger partial charge is 0.480 e. The van der Waals surface area contributed by atoms with Crippen molar-refractivity contribution in [3.8, 4) is 0 Å². The van der Waals surface area contributed by atoms with Crippen molar-refractivity contribution in [3.05, 3.63) is 64.7 Å². The Labute approximate surface area is 148 Å². The zero-order valence-corrected chi connectivity index (χ0v) is 13.7. The number of aliphatic hydroxyl groups is 1. The number of hydrogen-bond acceptors (Lipinski definition) is 5. The molecule has 1 aliphatic heterocycles. The average molecular weight is 363 g/mol. The highest BCUT2D eigenvalue weighted by Crippen LogP contribution is 2.40. The lowest BCUT2D eigenvalue weighted by molar-refractivity contribution is -0.163. The molecule has 1 heterocycles. The van der Waals surface area contributed by atoms with Gasteiger partial charge in [0.25, 0.3) is 0 Å². The summed E-state index contributed by atoms with van der Waals surface area (Å²) in [5.41, 5.74) is 1.73. The molecular weight excluding hydrogens is 348 g/mol. The van der Waals surface area contributed by atoms with Crippen molar-refractivity contribution in [2.75, 3.05) is 5.01 Å². The standard InChI is InChI=1S/C17H15ClN2O5/c18-11-5-3-4-10(8-11)9-19-13-7-2-1-6-12(13)15(21)20(19)14(16(22)23)17(24)25/h1-8,14-15,21H,9H2,(H,22,23)(H,24,25). The normalized spacial score (nSPS) is 16.9. The van der Waals surface area contributed by atoms with E-state index in [2.05, 4.69) is 0 Å². The second-order valence-electron chi connectivity index (χ2n) is 5.58. The lowest BCUT2D eigenvalue weighted by atomic mass is 10.1. The Hall–Kier alpha value is -2.61. The number of carboxylic acid groups (broad SMARTS) is 2. The molecule has 25 heavy (non-hydrogen) atoms. The summed E-state index contributed by atoms with van der Waals surface area (Å²) in [6.45, 7) is 0.158. The number of para-hydroxylation sites is 1. The SMILES string of the molecule is O=C(O)C(C(=O)O)N1C(O)c2ccccc2N1Cc1cccc(Cl)c1. The number of carboxylic acids is 2. The summed E-state index contributed by atoms with van der Waals surface area (Å²) in [4.78, 5) is 23.0. The van der Waals surface area contributed by atoms with Gasteiger partial charge in [0.1, 0.15) is 0 Å². The van der Waals surface area contributed by atoms with Crippen LogP contribution in [0.1, 0.15) is 17.4 Å². The van der Waals surface area contributed by atoms with Gasteiger partial charge < -0.3 is 15.3 Å². The zero-order chi connectivity index (χ0) is 18.1. The van der Waals surface area contributed by atoms with Gasteiger partial charge in [-0.15, -0.1) is 0 Å². The van der Waals surface area contributed by atoms with Crippen molar-refractivity contribution in [1.82, 2.24) is 5.01 Å². The van der Waals surface area contributed by atoms with Crippen LogP contribution in [0.3, 0.4) is 0 Å². The molecule has 0 radical (unpaired) electrons. The number of anilines is 1. The molecule has 0 bridgehead atoms. The van der Waals surface area contributed by atoms with E-state index in [4.69, 9.17) is 11.6 Å². The fourth-order valence-electron chi connectivity index (χ4n) is 2.93. The topological polar surface area (TPSA) is 101 Å². The van der Waals surface area contributed by atoms with E-state index in [1.54, 1.807) is 48.5 Å². The highest BCUT2D eigenvalue weighted by atomic mass is 35.5. The van der Waals surface area contributed by atoms with Gasteiger partial charge in [0, 0.05) is 10.6 Å². The maximum atomic E-state index is 11.5. The molecule has 0 aromatic heterocycles. The van der Waals surface area contributed by atoms with Crippen LogP contribution in [-0.4, -0.2) is 38.3 Å². The van der Waals surface area contributed by atoms with Crippen molar-refractivity contribution in [1.29, 1.82) is 0 Å². The van der Waals surface area contributed by atoms with Gasteiger partial charge in [0.05, 0.1) is 12.2 Å². The summed E-state index contributed by atoms with van der Waals surface area (Å²) in [5.74, 6) is -3.12. The molecular formula is C17H15ClN2O5. The number of halogens is 1. The molecule has 2 aromatic rings. The number of hydrazine groups is 1. The predicted octanol–water partition coefficient (Wildman–Crippen LogP) is 2.11. The number of rotatable bonds is 5. The molecule has 3 N–H and O–H groups in total. The molecule has 1 aliphatic rings. The first-order valence-electron chi connectivity index (χ1n) is 7.43. The number of hydrogen-bond donors (Lipinski definition) is 3. The first-order chi connectivity index (χ1) is 11.9. The highest BCUT2D eigenvalue weighted by Gasteiger charge is 2.46. The van der Waals surface area contributed by atoms with E-state index < -0.39 is 24.2 Å². The Morgan fingerprint density at radius 2 is 1.76 bits per heavy atom. The molecule has 0 saturated heterocycles. The molecule has 1 atom stereocenters. The minimum atomic E-state index is -1.93. The van der Waals surface area contributed by atoms with E-state index in [0.29, 0.717) is 16.3 Å². The Morgan fingerprint density at radius 1 is 1.08 bits per heavy atom. The Kier molecular flexibility index (Phi) is 4.63. The smallest absolute Gasteiger partial charge is 0.334 e. The minimum absolute atomic E-state index is 0.158. The van der Waals surface area contributed by atoms with Crippen LogP contribution >= 0.6 is 11.6 Å². The van der Waals surface area contributed by atoms with Crippen LogP contribution in [0.4, 0.5) is 5.69 Å². The number of aliphatic carboxylic acids is 2. The summed E-state index contributed by atoms with van der Waals surface area (Å²) in [6.07, 6.45) is -1.38. The summed E-state index contributed by atoms with van der Waals surface area (Å²) in [5, 5.41) is 32.2. The lowest BCUT2D eigenvalue weighted by Crippen LogP contribution is -2.53. The Balaban J connectivity index is 2.06. The van der Waals surface area contributed by atoms with Crippen molar-refractivity contribution in [3.63, 3.8) is 0 Å². The van der Waals surface area contributed by atoms with Gasteiger partial charge in [0.15, 0.2) is 6.23 Å². The van der Waals surface area contributed by atoms with E-state index in [0.717, 1.165) is 10.6 Å². The maximum absolute atomic E-state index is 11.5. The van der Waals surface area contributed by atoms with Crippen LogP contribution < -0.4 is 5.01 Å². The molecule has 1 unspecified atom stereocenters. The summed E-state index contributed by atoms with van der Waals surface area (Å²) >= 11 is 5.99. The quantitative estimate of drug-likeness (QED) is 0.700. The fourth-order valence-corrected chi connectivity index (χ4v) is 3.14. The number of nitrogens with zero attached hydrogens (tertiary/aromatic N) is 2. The van der Waals surface area contributed by atoms with Crippen LogP contribution in [0.15, 0.2) is 48.5 Å². The number of aliphatic hydroxyl groups excluding tert-OH is 1. The summed E-state index contributed by atoms with van der Waals surface area (Å²) < 4.78 is 0. The van der Waals surface area contributed by atoms with Crippen molar-refractivity contribution in [2.24, 2.45) is 0 Å². The van der Waals surface area contributed by atoms with E-state index in [1.807, 2.05) is 0 Å². The van der Waals surface area contributed by atoms with E-state index in [-0.39, 0.29) is 6.54 Å². The van der Waals surface area contributed by atoms with Crippen LogP contribution in [0.25, 0.3) is 0 Å².